The van der Waals surface area contributed by atoms with Gasteiger partial charge in [-0.15, -0.1) is 0 Å². The van der Waals surface area contributed by atoms with E-state index in [4.69, 9.17) is 0 Å². The van der Waals surface area contributed by atoms with Crippen molar-refractivity contribution in [3.05, 3.63) is 23.8 Å². The van der Waals surface area contributed by atoms with Gasteiger partial charge in [0, 0.05) is 38.4 Å². The topological polar surface area (TPSA) is 114 Å². The predicted molar refractivity (Wildman–Crippen MR) is 136 cm³/mol. The second kappa shape index (κ2) is 10.0. The molecule has 230 valence electrons. The molecule has 5 rings (SSSR count). The molecule has 0 aromatic heterocycles. The molecule has 2 aliphatic carbocycles. The Morgan fingerprint density at radius 3 is 2.14 bits per heavy atom. The van der Waals surface area contributed by atoms with Crippen LogP contribution in [0.1, 0.15) is 37.7 Å². The molecule has 0 bridgehead atoms. The summed E-state index contributed by atoms with van der Waals surface area (Å²) in [5.74, 6) is -2.50. The van der Waals surface area contributed by atoms with E-state index in [1.165, 1.54) is 6.07 Å². The summed E-state index contributed by atoms with van der Waals surface area (Å²) in [6.45, 7) is 1.11. The minimum absolute atomic E-state index is 0.168. The van der Waals surface area contributed by atoms with E-state index in [1.54, 1.807) is 4.90 Å². The average Bonchev–Trinajstić information content (AvgIpc) is 3.84. The number of sulfone groups is 1. The number of halogens is 6. The van der Waals surface area contributed by atoms with Crippen LogP contribution in [0.2, 0.25) is 0 Å². The van der Waals surface area contributed by atoms with Crippen LogP contribution in [-0.2, 0) is 25.6 Å². The number of piperazine rings is 1. The van der Waals surface area contributed by atoms with Crippen molar-refractivity contribution >= 4 is 27.3 Å². The minimum Gasteiger partial charge on any atom is -0.369 e. The summed E-state index contributed by atoms with van der Waals surface area (Å²) in [4.78, 5) is 29.5. The molecule has 2 unspecified atom stereocenters. The number of nitriles is 1. The number of amides is 2. The lowest BCUT2D eigenvalue weighted by molar-refractivity contribution is -0.199. The van der Waals surface area contributed by atoms with E-state index in [-0.39, 0.29) is 18.5 Å². The summed E-state index contributed by atoms with van der Waals surface area (Å²) in [6.07, 6.45) is -11.3. The number of hydrogen-bond donors (Lipinski definition) is 1. The Labute approximate surface area is 238 Å². The molecular formula is C26H29F6N5O4S. The number of carbonyl (C=O) groups excluding carboxylic acids is 2. The lowest BCUT2D eigenvalue weighted by Crippen LogP contribution is -2.53. The van der Waals surface area contributed by atoms with Gasteiger partial charge in [-0.1, -0.05) is 0 Å². The molecule has 9 nitrogen and oxygen atoms in total. The zero-order valence-corrected chi connectivity index (χ0v) is 23.4. The monoisotopic (exact) mass is 621 g/mol. The molecule has 4 fully saturated rings. The van der Waals surface area contributed by atoms with E-state index in [0.29, 0.717) is 31.1 Å². The van der Waals surface area contributed by atoms with E-state index in [9.17, 15) is 49.6 Å². The van der Waals surface area contributed by atoms with Gasteiger partial charge in [-0.2, -0.15) is 31.6 Å². The normalized spacial score (nSPS) is 25.6. The number of alkyl halides is 6. The number of nitrogens with zero attached hydrogens (tertiary/aromatic N) is 4. The maximum atomic E-state index is 14.2. The Bertz CT molecular complexity index is 1420. The first-order valence-electron chi connectivity index (χ1n) is 13.4. The summed E-state index contributed by atoms with van der Waals surface area (Å²) >= 11 is 0. The standard InChI is InChI=1S/C26H29F6N5O4S/c1-35-8-10-36(11-9-35)16-2-3-20(18(12-16)25(27,28)29)42(40,41)17-13-19(21(38)34-23(15-33)4-5-23)37(14-17)22(39)24(6-7-24)26(30,31)32/h2-3,12,17,19H,4-11,13-14H2,1H3,(H,34,38). The highest BCUT2D eigenvalue weighted by Gasteiger charge is 2.70. The number of anilines is 1. The van der Waals surface area contributed by atoms with E-state index in [0.717, 1.165) is 12.1 Å². The van der Waals surface area contributed by atoms with Crippen LogP contribution in [0.3, 0.4) is 0 Å². The molecule has 1 N–H and O–H groups in total. The molecule has 2 saturated carbocycles. The van der Waals surface area contributed by atoms with Crippen LogP contribution in [0, 0.1) is 16.7 Å². The number of carbonyl (C=O) groups is 2. The van der Waals surface area contributed by atoms with Crippen molar-refractivity contribution in [2.24, 2.45) is 5.41 Å². The highest BCUT2D eigenvalue weighted by Crippen LogP contribution is 2.59. The smallest absolute Gasteiger partial charge is 0.369 e. The van der Waals surface area contributed by atoms with Crippen LogP contribution in [0.25, 0.3) is 0 Å². The van der Waals surface area contributed by atoms with Crippen LogP contribution >= 0.6 is 0 Å². The largest absolute Gasteiger partial charge is 0.417 e. The summed E-state index contributed by atoms with van der Waals surface area (Å²) in [5, 5.41) is 9.94. The van der Waals surface area contributed by atoms with Crippen LogP contribution in [0.15, 0.2) is 23.1 Å². The van der Waals surface area contributed by atoms with E-state index in [2.05, 4.69) is 5.32 Å². The fourth-order valence-corrected chi connectivity index (χ4v) is 7.54. The molecule has 42 heavy (non-hydrogen) atoms. The van der Waals surface area contributed by atoms with Crippen molar-refractivity contribution in [1.82, 2.24) is 15.1 Å². The quantitative estimate of drug-likeness (QED) is 0.486. The van der Waals surface area contributed by atoms with Gasteiger partial charge in [0.1, 0.15) is 17.0 Å². The zero-order chi connectivity index (χ0) is 30.9. The van der Waals surface area contributed by atoms with Crippen LogP contribution < -0.4 is 10.2 Å². The van der Waals surface area contributed by atoms with Crippen molar-refractivity contribution in [3.63, 3.8) is 0 Å². The molecule has 4 aliphatic rings. The Morgan fingerprint density at radius 2 is 1.64 bits per heavy atom. The first kappa shape index (κ1) is 30.4. The summed E-state index contributed by atoms with van der Waals surface area (Å²) in [7, 11) is -3.04. The summed E-state index contributed by atoms with van der Waals surface area (Å²) in [5.41, 5.74) is -5.31. The molecule has 2 atom stereocenters. The zero-order valence-electron chi connectivity index (χ0n) is 22.6. The predicted octanol–water partition coefficient (Wildman–Crippen LogP) is 2.72. The fraction of sp³-hybridized carbons (Fsp3) is 0.654. The molecule has 2 saturated heterocycles. The Kier molecular flexibility index (Phi) is 7.24. The molecule has 16 heteroatoms. The van der Waals surface area contributed by atoms with Crippen molar-refractivity contribution in [2.75, 3.05) is 44.7 Å². The van der Waals surface area contributed by atoms with Gasteiger partial charge in [-0.3, -0.25) is 9.59 Å². The molecular weight excluding hydrogens is 592 g/mol. The van der Waals surface area contributed by atoms with E-state index >= 15 is 0 Å². The van der Waals surface area contributed by atoms with Crippen molar-refractivity contribution in [2.45, 2.75) is 66.2 Å². The minimum atomic E-state index is -5.09. The van der Waals surface area contributed by atoms with Gasteiger partial charge >= 0.3 is 12.4 Å². The van der Waals surface area contributed by atoms with Crippen LogP contribution in [0.4, 0.5) is 32.0 Å². The third-order valence-electron chi connectivity index (χ3n) is 8.74. The maximum absolute atomic E-state index is 14.2. The van der Waals surface area contributed by atoms with Crippen molar-refractivity contribution < 1.29 is 44.3 Å². The number of benzene rings is 1. The Balaban J connectivity index is 1.48. The van der Waals surface area contributed by atoms with E-state index < -0.39 is 92.5 Å². The molecule has 1 aromatic rings. The second-order valence-corrected chi connectivity index (χ2v) is 13.8. The number of nitrogens with one attached hydrogen (secondary N) is 1. The van der Waals surface area contributed by atoms with Crippen molar-refractivity contribution in [1.29, 1.82) is 5.26 Å². The molecule has 1 aromatic carbocycles. The lowest BCUT2D eigenvalue weighted by Gasteiger charge is -2.34. The van der Waals surface area contributed by atoms with Gasteiger partial charge in [0.15, 0.2) is 9.84 Å². The summed E-state index contributed by atoms with van der Waals surface area (Å²) in [6, 6.07) is 3.00. The maximum Gasteiger partial charge on any atom is 0.417 e. The first-order valence-corrected chi connectivity index (χ1v) is 15.0. The number of hydrogen-bond acceptors (Lipinski definition) is 7. The van der Waals surface area contributed by atoms with Crippen LogP contribution in [0.5, 0.6) is 0 Å². The van der Waals surface area contributed by atoms with E-state index in [1.807, 2.05) is 18.0 Å². The number of likely N-dealkylation sites (tertiary alicyclic amines) is 1. The molecule has 2 heterocycles. The average molecular weight is 622 g/mol. The second-order valence-electron chi connectivity index (χ2n) is 11.6. The van der Waals surface area contributed by atoms with Crippen molar-refractivity contribution in [3.8, 4) is 6.07 Å². The SMILES string of the molecule is CN1CCN(c2ccc(S(=O)(=O)C3CC(C(=O)NC4(C#N)CC4)N(C(=O)C4(C(F)(F)F)CC4)C3)c(C(F)(F)F)c2)CC1. The Morgan fingerprint density at radius 1 is 1.02 bits per heavy atom. The number of likely N-dealkylation sites (N-methyl/N-ethyl adjacent to an activating group) is 1. The lowest BCUT2D eigenvalue weighted by atomic mass is 10.0. The van der Waals surface area contributed by atoms with Gasteiger partial charge < -0.3 is 20.0 Å². The third-order valence-corrected chi connectivity index (χ3v) is 10.9. The highest BCUT2D eigenvalue weighted by atomic mass is 32.2. The highest BCUT2D eigenvalue weighted by molar-refractivity contribution is 7.92. The number of rotatable bonds is 6. The van der Waals surface area contributed by atoms with Gasteiger partial charge in [0.05, 0.1) is 21.8 Å². The summed E-state index contributed by atoms with van der Waals surface area (Å²) < 4.78 is 112. The third kappa shape index (κ3) is 5.29. The van der Waals surface area contributed by atoms with Crippen LogP contribution in [-0.4, -0.2) is 92.8 Å². The van der Waals surface area contributed by atoms with Gasteiger partial charge in [-0.25, -0.2) is 8.42 Å². The fourth-order valence-electron chi connectivity index (χ4n) is 5.65. The molecule has 0 spiro atoms. The molecule has 2 aliphatic heterocycles. The molecule has 2 amide bonds. The van der Waals surface area contributed by atoms with Gasteiger partial charge in [-0.05, 0) is 57.4 Å². The first-order chi connectivity index (χ1) is 19.4. The Hall–Kier alpha value is -3.06. The van der Waals surface area contributed by atoms with Gasteiger partial charge in [0.25, 0.3) is 0 Å². The van der Waals surface area contributed by atoms with Gasteiger partial charge in [0.2, 0.25) is 11.8 Å². The molecule has 0 radical (unpaired) electrons.